The Morgan fingerprint density at radius 1 is 1.42 bits per heavy atom. The van der Waals surface area contributed by atoms with E-state index in [2.05, 4.69) is 11.8 Å². The normalized spacial score (nSPS) is 25.5. The van der Waals surface area contributed by atoms with Crippen molar-refractivity contribution >= 4 is 0 Å². The molecule has 1 rings (SSSR count). The summed E-state index contributed by atoms with van der Waals surface area (Å²) < 4.78 is 10.3. The Hall–Kier alpha value is -0.120. The monoisotopic (exact) mass is 173 g/mol. The minimum atomic E-state index is -0.0599. The Morgan fingerprint density at radius 2 is 2.08 bits per heavy atom. The van der Waals surface area contributed by atoms with Crippen LogP contribution in [0.25, 0.3) is 0 Å². The largest absolute Gasteiger partial charge is 0.355 e. The van der Waals surface area contributed by atoms with Crippen molar-refractivity contribution in [2.24, 2.45) is 5.92 Å². The summed E-state index contributed by atoms with van der Waals surface area (Å²) >= 11 is 0. The predicted octanol–water partition coefficient (Wildman–Crippen LogP) is 0.947. The van der Waals surface area contributed by atoms with Gasteiger partial charge in [0.05, 0.1) is 0 Å². The van der Waals surface area contributed by atoms with Crippen molar-refractivity contribution in [1.29, 1.82) is 0 Å². The third-order valence-corrected chi connectivity index (χ3v) is 2.44. The number of likely N-dealkylation sites (tertiary alicyclic amines) is 1. The van der Waals surface area contributed by atoms with Crippen LogP contribution in [0.1, 0.15) is 13.3 Å². The highest BCUT2D eigenvalue weighted by molar-refractivity contribution is 4.72. The maximum atomic E-state index is 5.13. The summed E-state index contributed by atoms with van der Waals surface area (Å²) in [5.41, 5.74) is 0. The molecule has 1 heterocycles. The van der Waals surface area contributed by atoms with Crippen molar-refractivity contribution in [3.63, 3.8) is 0 Å². The highest BCUT2D eigenvalue weighted by Gasteiger charge is 2.21. The number of hydrogen-bond donors (Lipinski definition) is 0. The van der Waals surface area contributed by atoms with Gasteiger partial charge in [0, 0.05) is 27.3 Å². The van der Waals surface area contributed by atoms with Gasteiger partial charge in [-0.15, -0.1) is 0 Å². The molecule has 0 bridgehead atoms. The van der Waals surface area contributed by atoms with Gasteiger partial charge in [-0.25, -0.2) is 0 Å². The quantitative estimate of drug-likeness (QED) is 0.591. The molecule has 0 radical (unpaired) electrons. The van der Waals surface area contributed by atoms with Crippen molar-refractivity contribution in [3.05, 3.63) is 0 Å². The van der Waals surface area contributed by atoms with Gasteiger partial charge >= 0.3 is 0 Å². The van der Waals surface area contributed by atoms with E-state index in [9.17, 15) is 0 Å². The average Bonchev–Trinajstić information content (AvgIpc) is 2.47. The lowest BCUT2D eigenvalue weighted by Crippen LogP contribution is -2.32. The predicted molar refractivity (Wildman–Crippen MR) is 48.0 cm³/mol. The Labute approximate surface area is 74.6 Å². The van der Waals surface area contributed by atoms with Gasteiger partial charge in [0.15, 0.2) is 6.29 Å². The lowest BCUT2D eigenvalue weighted by atomic mass is 10.2. The molecule has 1 atom stereocenters. The minimum absolute atomic E-state index is 0.0599. The zero-order chi connectivity index (χ0) is 8.97. The summed E-state index contributed by atoms with van der Waals surface area (Å²) in [6.45, 7) is 5.56. The van der Waals surface area contributed by atoms with Crippen LogP contribution < -0.4 is 0 Å². The highest BCUT2D eigenvalue weighted by atomic mass is 16.7. The maximum Gasteiger partial charge on any atom is 0.169 e. The third kappa shape index (κ3) is 2.73. The SMILES string of the molecule is COC(CN1CCC(C)C1)OC. The summed E-state index contributed by atoms with van der Waals surface area (Å²) in [6.07, 6.45) is 1.25. The summed E-state index contributed by atoms with van der Waals surface area (Å²) in [5, 5.41) is 0. The zero-order valence-electron chi connectivity index (χ0n) is 8.25. The maximum absolute atomic E-state index is 5.13. The molecule has 1 aliphatic rings. The fraction of sp³-hybridized carbons (Fsp3) is 1.00. The van der Waals surface area contributed by atoms with Crippen molar-refractivity contribution < 1.29 is 9.47 Å². The molecular weight excluding hydrogens is 154 g/mol. The Morgan fingerprint density at radius 3 is 2.50 bits per heavy atom. The second kappa shape index (κ2) is 4.80. The molecule has 0 N–H and O–H groups in total. The first-order chi connectivity index (χ1) is 5.76. The van der Waals surface area contributed by atoms with Gasteiger partial charge in [-0.1, -0.05) is 6.92 Å². The van der Waals surface area contributed by atoms with Crippen LogP contribution >= 0.6 is 0 Å². The molecule has 0 amide bonds. The molecule has 1 unspecified atom stereocenters. The molecule has 0 aromatic heterocycles. The van der Waals surface area contributed by atoms with Gasteiger partial charge < -0.3 is 9.47 Å². The molecule has 1 aliphatic heterocycles. The molecule has 3 nitrogen and oxygen atoms in total. The van der Waals surface area contributed by atoms with Gasteiger partial charge in [0.2, 0.25) is 0 Å². The number of methoxy groups -OCH3 is 2. The summed E-state index contributed by atoms with van der Waals surface area (Å²) in [4.78, 5) is 2.39. The van der Waals surface area contributed by atoms with E-state index in [1.807, 2.05) is 0 Å². The van der Waals surface area contributed by atoms with Crippen LogP contribution in [-0.4, -0.2) is 45.0 Å². The van der Waals surface area contributed by atoms with Crippen LogP contribution in [0.15, 0.2) is 0 Å². The van der Waals surface area contributed by atoms with E-state index in [0.717, 1.165) is 12.5 Å². The van der Waals surface area contributed by atoms with Gasteiger partial charge in [-0.05, 0) is 18.9 Å². The zero-order valence-corrected chi connectivity index (χ0v) is 8.25. The van der Waals surface area contributed by atoms with Crippen molar-refractivity contribution in [2.45, 2.75) is 19.6 Å². The van der Waals surface area contributed by atoms with Crippen molar-refractivity contribution in [3.8, 4) is 0 Å². The average molecular weight is 173 g/mol. The first kappa shape index (κ1) is 9.96. The fourth-order valence-corrected chi connectivity index (χ4v) is 1.65. The summed E-state index contributed by atoms with van der Waals surface area (Å²) in [5.74, 6) is 0.833. The van der Waals surface area contributed by atoms with Gasteiger partial charge in [0.1, 0.15) is 0 Å². The molecule has 0 aliphatic carbocycles. The van der Waals surface area contributed by atoms with E-state index >= 15 is 0 Å². The first-order valence-corrected chi connectivity index (χ1v) is 4.54. The summed E-state index contributed by atoms with van der Waals surface area (Å²) in [7, 11) is 3.38. The topological polar surface area (TPSA) is 21.7 Å². The van der Waals surface area contributed by atoms with Crippen molar-refractivity contribution in [1.82, 2.24) is 4.90 Å². The van der Waals surface area contributed by atoms with Crippen LogP contribution in [-0.2, 0) is 9.47 Å². The fourth-order valence-electron chi connectivity index (χ4n) is 1.65. The van der Waals surface area contributed by atoms with E-state index in [0.29, 0.717) is 0 Å². The van der Waals surface area contributed by atoms with Crippen LogP contribution in [0.4, 0.5) is 0 Å². The van der Waals surface area contributed by atoms with Crippen LogP contribution in [0.5, 0.6) is 0 Å². The third-order valence-electron chi connectivity index (χ3n) is 2.44. The molecule has 1 fully saturated rings. The first-order valence-electron chi connectivity index (χ1n) is 4.54. The summed E-state index contributed by atoms with van der Waals surface area (Å²) in [6, 6.07) is 0. The molecule has 1 saturated heterocycles. The second-order valence-electron chi connectivity index (χ2n) is 3.55. The van der Waals surface area contributed by atoms with Gasteiger partial charge in [-0.3, -0.25) is 4.90 Å². The van der Waals surface area contributed by atoms with Crippen LogP contribution in [0.2, 0.25) is 0 Å². The van der Waals surface area contributed by atoms with Crippen molar-refractivity contribution in [2.75, 3.05) is 33.9 Å². The smallest absolute Gasteiger partial charge is 0.169 e. The van der Waals surface area contributed by atoms with E-state index in [-0.39, 0.29) is 6.29 Å². The minimum Gasteiger partial charge on any atom is -0.355 e. The molecule has 72 valence electrons. The molecule has 12 heavy (non-hydrogen) atoms. The molecular formula is C9H19NO2. The lowest BCUT2D eigenvalue weighted by molar-refractivity contribution is -0.114. The van der Waals surface area contributed by atoms with E-state index < -0.39 is 0 Å². The van der Waals surface area contributed by atoms with E-state index in [4.69, 9.17) is 9.47 Å². The highest BCUT2D eigenvalue weighted by Crippen LogP contribution is 2.15. The Bertz CT molecular complexity index is 126. The molecule has 0 aromatic rings. The molecule has 0 spiro atoms. The van der Waals surface area contributed by atoms with Crippen LogP contribution in [0.3, 0.4) is 0 Å². The van der Waals surface area contributed by atoms with Gasteiger partial charge in [-0.2, -0.15) is 0 Å². The van der Waals surface area contributed by atoms with E-state index in [1.165, 1.54) is 19.5 Å². The molecule has 0 saturated carbocycles. The molecule has 0 aromatic carbocycles. The number of hydrogen-bond acceptors (Lipinski definition) is 3. The van der Waals surface area contributed by atoms with Gasteiger partial charge in [0.25, 0.3) is 0 Å². The number of rotatable bonds is 4. The Balaban J connectivity index is 2.21. The number of ether oxygens (including phenoxy) is 2. The number of nitrogens with zero attached hydrogens (tertiary/aromatic N) is 1. The van der Waals surface area contributed by atoms with Crippen LogP contribution in [0, 0.1) is 5.92 Å². The van der Waals surface area contributed by atoms with E-state index in [1.54, 1.807) is 14.2 Å². The molecule has 3 heteroatoms. The standard InChI is InChI=1S/C9H19NO2/c1-8-4-5-10(6-8)7-9(11-2)12-3/h8-9H,4-7H2,1-3H3. The second-order valence-corrected chi connectivity index (χ2v) is 3.55. The Kier molecular flexibility index (Phi) is 3.98. The lowest BCUT2D eigenvalue weighted by Gasteiger charge is -2.21.